The number of amidine groups is 1. The molecule has 132 valence electrons. The number of nitrogens with zero attached hydrogens (tertiary/aromatic N) is 2. The van der Waals surface area contributed by atoms with E-state index in [4.69, 9.17) is 0 Å². The molecule has 0 bridgehead atoms. The zero-order valence-corrected chi connectivity index (χ0v) is 17.1. The van der Waals surface area contributed by atoms with Gasteiger partial charge in [0.2, 0.25) is 0 Å². The third-order valence-electron chi connectivity index (χ3n) is 3.88. The molecule has 7 heteroatoms. The van der Waals surface area contributed by atoms with Crippen LogP contribution in [0.15, 0.2) is 62.3 Å². The van der Waals surface area contributed by atoms with Gasteiger partial charge in [0.25, 0.3) is 10.0 Å². The van der Waals surface area contributed by atoms with E-state index < -0.39 is 10.0 Å². The summed E-state index contributed by atoms with van der Waals surface area (Å²) >= 11 is 4.89. The molecule has 25 heavy (non-hydrogen) atoms. The van der Waals surface area contributed by atoms with Crippen molar-refractivity contribution in [3.63, 3.8) is 0 Å². The summed E-state index contributed by atoms with van der Waals surface area (Å²) in [4.78, 5) is 2.32. The van der Waals surface area contributed by atoms with Crippen LogP contribution in [0.2, 0.25) is 0 Å². The van der Waals surface area contributed by atoms with Gasteiger partial charge in [-0.1, -0.05) is 65.3 Å². The van der Waals surface area contributed by atoms with Crippen molar-refractivity contribution in [2.24, 2.45) is 4.40 Å². The number of para-hydroxylation sites is 1. The first kappa shape index (κ1) is 18.5. The van der Waals surface area contributed by atoms with E-state index >= 15 is 0 Å². The van der Waals surface area contributed by atoms with Crippen LogP contribution in [-0.4, -0.2) is 20.1 Å². The predicted octanol–water partition coefficient (Wildman–Crippen LogP) is 5.05. The first-order chi connectivity index (χ1) is 12.0. The molecule has 0 aromatic heterocycles. The van der Waals surface area contributed by atoms with Crippen molar-refractivity contribution in [1.82, 2.24) is 0 Å². The highest BCUT2D eigenvalue weighted by Crippen LogP contribution is 2.35. The van der Waals surface area contributed by atoms with Crippen LogP contribution in [0.4, 0.5) is 5.69 Å². The molecule has 1 heterocycles. The fraction of sp³-hybridized carbons (Fsp3) is 0.278. The van der Waals surface area contributed by atoms with Crippen molar-refractivity contribution in [2.75, 3.05) is 11.4 Å². The number of benzene rings is 2. The van der Waals surface area contributed by atoms with Crippen molar-refractivity contribution in [3.8, 4) is 0 Å². The number of fused-ring (bicyclic) bond motifs is 1. The van der Waals surface area contributed by atoms with Crippen LogP contribution in [0.1, 0.15) is 25.3 Å². The van der Waals surface area contributed by atoms with Gasteiger partial charge in [-0.15, -0.1) is 4.40 Å². The molecule has 1 aliphatic heterocycles. The van der Waals surface area contributed by atoms with Crippen LogP contribution in [-0.2, 0) is 15.8 Å². The molecular weight excluding hydrogens is 420 g/mol. The van der Waals surface area contributed by atoms with Crippen LogP contribution in [0.25, 0.3) is 0 Å². The van der Waals surface area contributed by atoms with E-state index in [1.54, 1.807) is 12.1 Å². The van der Waals surface area contributed by atoms with Gasteiger partial charge in [0, 0.05) is 16.8 Å². The Balaban J connectivity index is 1.89. The molecule has 0 N–H and O–H groups in total. The summed E-state index contributed by atoms with van der Waals surface area (Å²) in [6.07, 6.45) is 2.02. The summed E-state index contributed by atoms with van der Waals surface area (Å²) in [5, 5.41) is 0.551. The van der Waals surface area contributed by atoms with Gasteiger partial charge in [0.05, 0.1) is 5.69 Å². The molecule has 0 fully saturated rings. The Labute approximate surface area is 161 Å². The summed E-state index contributed by atoms with van der Waals surface area (Å²) in [6, 6.07) is 15.1. The van der Waals surface area contributed by atoms with Gasteiger partial charge in [0.1, 0.15) is 4.90 Å². The highest BCUT2D eigenvalue weighted by Gasteiger charge is 2.30. The molecule has 0 spiro atoms. The molecule has 0 radical (unpaired) electrons. The fourth-order valence-electron chi connectivity index (χ4n) is 2.57. The second-order valence-electron chi connectivity index (χ2n) is 5.74. The molecule has 0 saturated carbocycles. The first-order valence-electron chi connectivity index (χ1n) is 8.10. The predicted molar refractivity (Wildman–Crippen MR) is 109 cm³/mol. The summed E-state index contributed by atoms with van der Waals surface area (Å²) in [5.74, 6) is 0.673. The van der Waals surface area contributed by atoms with Crippen LogP contribution >= 0.6 is 27.7 Å². The average molecular weight is 439 g/mol. The second-order valence-corrected chi connectivity index (χ2v) is 9.17. The maximum atomic E-state index is 12.5. The Morgan fingerprint density at radius 3 is 2.56 bits per heavy atom. The molecule has 3 rings (SSSR count). The van der Waals surface area contributed by atoms with Gasteiger partial charge in [0.15, 0.2) is 5.17 Å². The van der Waals surface area contributed by atoms with E-state index in [2.05, 4.69) is 27.3 Å². The molecule has 0 saturated heterocycles. The van der Waals surface area contributed by atoms with Crippen molar-refractivity contribution in [2.45, 2.75) is 30.4 Å². The molecule has 0 amide bonds. The van der Waals surface area contributed by atoms with E-state index in [0.29, 0.717) is 15.8 Å². The maximum Gasteiger partial charge on any atom is 0.286 e. The average Bonchev–Trinajstić information content (AvgIpc) is 2.60. The first-order valence-corrected chi connectivity index (χ1v) is 11.3. The van der Waals surface area contributed by atoms with E-state index in [1.807, 2.05) is 41.3 Å². The minimum atomic E-state index is -3.64. The highest BCUT2D eigenvalue weighted by atomic mass is 79.9. The van der Waals surface area contributed by atoms with Crippen LogP contribution < -0.4 is 4.90 Å². The number of hydrogen-bond acceptors (Lipinski definition) is 4. The van der Waals surface area contributed by atoms with Gasteiger partial charge < -0.3 is 4.90 Å². The standard InChI is InChI=1S/C18H19BrN2O2S2/c1-2-3-12-21-16-6-4-5-7-17(16)25(22,23)20-18(21)24-13-14-8-10-15(19)11-9-14/h4-11H,2-3,12-13H2,1H3. The normalized spacial score (nSPS) is 15.6. The van der Waals surface area contributed by atoms with Gasteiger partial charge in [-0.3, -0.25) is 0 Å². The Kier molecular flexibility index (Phi) is 5.86. The quantitative estimate of drug-likeness (QED) is 0.655. The molecule has 0 aliphatic carbocycles. The molecule has 1 aliphatic rings. The van der Waals surface area contributed by atoms with Gasteiger partial charge in [-0.25, -0.2) is 0 Å². The minimum Gasteiger partial charge on any atom is -0.319 e. The minimum absolute atomic E-state index is 0.291. The number of halogens is 1. The zero-order chi connectivity index (χ0) is 17.9. The number of hydrogen-bond donors (Lipinski definition) is 0. The number of thioether (sulfide) groups is 1. The summed E-state index contributed by atoms with van der Waals surface area (Å²) < 4.78 is 30.2. The smallest absolute Gasteiger partial charge is 0.286 e. The molecular formula is C18H19BrN2O2S2. The molecule has 2 aromatic rings. The zero-order valence-electron chi connectivity index (χ0n) is 13.9. The van der Waals surface area contributed by atoms with Gasteiger partial charge in [-0.05, 0) is 36.2 Å². The Morgan fingerprint density at radius 1 is 1.12 bits per heavy atom. The van der Waals surface area contributed by atoms with Gasteiger partial charge in [-0.2, -0.15) is 8.42 Å². The summed E-state index contributed by atoms with van der Waals surface area (Å²) in [5.41, 5.74) is 1.85. The Bertz CT molecular complexity index is 880. The molecule has 0 atom stereocenters. The Hall–Kier alpha value is -1.31. The van der Waals surface area contributed by atoms with Crippen LogP contribution in [0, 0.1) is 0 Å². The topological polar surface area (TPSA) is 49.7 Å². The van der Waals surface area contributed by atoms with Gasteiger partial charge >= 0.3 is 0 Å². The molecule has 0 unspecified atom stereocenters. The van der Waals surface area contributed by atoms with Crippen molar-refractivity contribution < 1.29 is 8.42 Å². The van der Waals surface area contributed by atoms with Crippen LogP contribution in [0.5, 0.6) is 0 Å². The van der Waals surface area contributed by atoms with E-state index in [9.17, 15) is 8.42 Å². The second kappa shape index (κ2) is 7.93. The monoisotopic (exact) mass is 438 g/mol. The van der Waals surface area contributed by atoms with E-state index in [0.717, 1.165) is 35.1 Å². The fourth-order valence-corrected chi connectivity index (χ4v) is 5.27. The number of anilines is 1. The lowest BCUT2D eigenvalue weighted by Gasteiger charge is -2.30. The number of sulfonamides is 1. The maximum absolute atomic E-state index is 12.5. The van der Waals surface area contributed by atoms with Crippen LogP contribution in [0.3, 0.4) is 0 Å². The van der Waals surface area contributed by atoms with Crippen molar-refractivity contribution in [3.05, 3.63) is 58.6 Å². The molecule has 4 nitrogen and oxygen atoms in total. The van der Waals surface area contributed by atoms with E-state index in [-0.39, 0.29) is 0 Å². The Morgan fingerprint density at radius 2 is 1.84 bits per heavy atom. The van der Waals surface area contributed by atoms with E-state index in [1.165, 1.54) is 11.8 Å². The van der Waals surface area contributed by atoms with Crippen molar-refractivity contribution >= 4 is 48.6 Å². The third-order valence-corrected chi connectivity index (χ3v) is 6.89. The lowest BCUT2D eigenvalue weighted by Crippen LogP contribution is -2.34. The largest absolute Gasteiger partial charge is 0.319 e. The number of rotatable bonds is 5. The highest BCUT2D eigenvalue weighted by molar-refractivity contribution is 9.10. The third kappa shape index (κ3) is 4.27. The van der Waals surface area contributed by atoms with Crippen molar-refractivity contribution in [1.29, 1.82) is 0 Å². The summed E-state index contributed by atoms with van der Waals surface area (Å²) in [7, 11) is -3.64. The molecule has 2 aromatic carbocycles. The lowest BCUT2D eigenvalue weighted by atomic mass is 10.2. The lowest BCUT2D eigenvalue weighted by molar-refractivity contribution is 0.596. The SMILES string of the molecule is CCCCN1C(SCc2ccc(Br)cc2)=NS(=O)(=O)c2ccccc21. The summed E-state index contributed by atoms with van der Waals surface area (Å²) in [6.45, 7) is 2.88. The number of unbranched alkanes of at least 4 members (excludes halogenated alkanes) is 1.